The smallest absolute Gasteiger partial charge is 0.296 e. The fourth-order valence-corrected chi connectivity index (χ4v) is 3.86. The first-order chi connectivity index (χ1) is 14.8. The van der Waals surface area contributed by atoms with Gasteiger partial charge in [-0.2, -0.15) is 15.4 Å². The van der Waals surface area contributed by atoms with E-state index in [2.05, 4.69) is 25.3 Å². The summed E-state index contributed by atoms with van der Waals surface area (Å²) < 4.78 is 14.5. The maximum absolute atomic E-state index is 13.1. The van der Waals surface area contributed by atoms with Gasteiger partial charge >= 0.3 is 0 Å². The zero-order valence-corrected chi connectivity index (χ0v) is 17.3. The molecule has 0 radical (unpaired) electrons. The van der Waals surface area contributed by atoms with Crippen LogP contribution in [0, 0.1) is 5.82 Å². The van der Waals surface area contributed by atoms with E-state index in [9.17, 15) is 19.1 Å². The summed E-state index contributed by atoms with van der Waals surface area (Å²) in [5, 5.41) is 20.9. The summed E-state index contributed by atoms with van der Waals surface area (Å²) in [5.41, 5.74) is -0.00364. The van der Waals surface area contributed by atoms with Crippen LogP contribution >= 0.6 is 0 Å². The molecule has 0 atom stereocenters. The van der Waals surface area contributed by atoms with E-state index in [0.717, 1.165) is 11.3 Å². The number of carbonyl (C=O) groups excluding carboxylic acids is 1. The molecule has 10 heteroatoms. The molecule has 1 aliphatic heterocycles. The fraction of sp³-hybridized carbons (Fsp3) is 0.381. The van der Waals surface area contributed by atoms with Gasteiger partial charge in [0.15, 0.2) is 11.5 Å². The quantitative estimate of drug-likeness (QED) is 0.577. The van der Waals surface area contributed by atoms with Crippen LogP contribution in [0.2, 0.25) is 0 Å². The Morgan fingerprint density at radius 3 is 2.68 bits per heavy atom. The molecule has 1 aliphatic rings. The second kappa shape index (κ2) is 8.03. The number of ketones is 1. The second-order valence-electron chi connectivity index (χ2n) is 8.08. The summed E-state index contributed by atoms with van der Waals surface area (Å²) in [7, 11) is 0. The third kappa shape index (κ3) is 3.98. The number of Topliss-reactive ketones (excluding diaryl/α,β-unsaturated/α-hetero) is 1. The van der Waals surface area contributed by atoms with Crippen LogP contribution in [-0.4, -0.2) is 47.3 Å². The maximum Gasteiger partial charge on any atom is 0.296 e. The number of aromatic amines is 1. The van der Waals surface area contributed by atoms with Gasteiger partial charge < -0.3 is 5.11 Å². The minimum absolute atomic E-state index is 0.0398. The minimum Gasteiger partial charge on any atom is -0.501 e. The van der Waals surface area contributed by atoms with Crippen molar-refractivity contribution < 1.29 is 14.3 Å². The van der Waals surface area contributed by atoms with Crippen molar-refractivity contribution >= 4 is 5.78 Å². The van der Waals surface area contributed by atoms with Crippen LogP contribution < -0.4 is 5.56 Å². The van der Waals surface area contributed by atoms with Gasteiger partial charge in [-0.05, 0) is 38.0 Å². The number of benzene rings is 1. The highest BCUT2D eigenvalue weighted by atomic mass is 19.1. The normalized spacial score (nSPS) is 15.6. The van der Waals surface area contributed by atoms with E-state index < -0.39 is 22.6 Å². The summed E-state index contributed by atoms with van der Waals surface area (Å²) in [4.78, 5) is 32.2. The van der Waals surface area contributed by atoms with Crippen LogP contribution in [0.1, 0.15) is 47.8 Å². The predicted molar refractivity (Wildman–Crippen MR) is 109 cm³/mol. The predicted octanol–water partition coefficient (Wildman–Crippen LogP) is 1.77. The average Bonchev–Trinajstić information content (AvgIpc) is 3.25. The molecule has 162 valence electrons. The first-order valence-electron chi connectivity index (χ1n) is 9.99. The van der Waals surface area contributed by atoms with E-state index in [-0.39, 0.29) is 17.9 Å². The topological polar surface area (TPSA) is 117 Å². The highest BCUT2D eigenvalue weighted by molar-refractivity contribution is 5.96. The number of carbonyl (C=O) groups is 1. The van der Waals surface area contributed by atoms with Crippen molar-refractivity contribution in [2.24, 2.45) is 0 Å². The molecule has 0 bridgehead atoms. The molecule has 0 spiro atoms. The van der Waals surface area contributed by atoms with E-state index in [1.54, 1.807) is 18.3 Å². The summed E-state index contributed by atoms with van der Waals surface area (Å²) in [6.07, 6.45) is 2.02. The summed E-state index contributed by atoms with van der Waals surface area (Å²) in [6.45, 7) is 5.20. The SMILES string of the molecule is CC1(C)c2nc(C(=O)CCc3ccc(F)cc3)c(O)c(=O)n2CCN1Cc1cn[nH]n1. The molecule has 0 saturated heterocycles. The van der Waals surface area contributed by atoms with Crippen LogP contribution in [0.4, 0.5) is 4.39 Å². The molecule has 3 heterocycles. The van der Waals surface area contributed by atoms with Gasteiger partial charge in [-0.15, -0.1) is 0 Å². The summed E-state index contributed by atoms with van der Waals surface area (Å²) in [6, 6.07) is 5.85. The Balaban J connectivity index is 1.62. The summed E-state index contributed by atoms with van der Waals surface area (Å²) in [5.74, 6) is -1.01. The lowest BCUT2D eigenvalue weighted by molar-refractivity contribution is 0.0638. The number of fused-ring (bicyclic) bond motifs is 1. The van der Waals surface area contributed by atoms with E-state index in [1.165, 1.54) is 16.7 Å². The molecule has 0 fully saturated rings. The third-order valence-corrected chi connectivity index (χ3v) is 5.71. The zero-order chi connectivity index (χ0) is 22.2. The molecule has 0 aliphatic carbocycles. The Morgan fingerprint density at radius 2 is 2.00 bits per heavy atom. The number of halogens is 1. The fourth-order valence-electron chi connectivity index (χ4n) is 3.86. The third-order valence-electron chi connectivity index (χ3n) is 5.71. The lowest BCUT2D eigenvalue weighted by Gasteiger charge is -2.42. The molecule has 2 aromatic heterocycles. The molecule has 3 aromatic rings. The molecule has 1 aromatic carbocycles. The number of aromatic nitrogens is 5. The molecule has 2 N–H and O–H groups in total. The van der Waals surface area contributed by atoms with Crippen molar-refractivity contribution in [3.63, 3.8) is 0 Å². The van der Waals surface area contributed by atoms with E-state index in [1.807, 2.05) is 13.8 Å². The van der Waals surface area contributed by atoms with Crippen LogP contribution in [-0.2, 0) is 25.0 Å². The molecule has 0 saturated carbocycles. The Labute approximate surface area is 177 Å². The second-order valence-corrected chi connectivity index (χ2v) is 8.08. The van der Waals surface area contributed by atoms with Gasteiger partial charge in [0, 0.05) is 26.1 Å². The molecule has 0 amide bonds. The molecule has 31 heavy (non-hydrogen) atoms. The van der Waals surface area contributed by atoms with E-state index in [0.29, 0.717) is 31.9 Å². The van der Waals surface area contributed by atoms with Gasteiger partial charge in [-0.3, -0.25) is 19.1 Å². The lowest BCUT2D eigenvalue weighted by atomic mass is 9.97. The van der Waals surface area contributed by atoms with Crippen LogP contribution in [0.5, 0.6) is 5.75 Å². The highest BCUT2D eigenvalue weighted by Crippen LogP contribution is 2.31. The first kappa shape index (κ1) is 20.9. The number of H-pyrrole nitrogens is 1. The number of aromatic hydroxyl groups is 1. The number of hydrogen-bond acceptors (Lipinski definition) is 7. The maximum atomic E-state index is 13.1. The molecular formula is C21H23FN6O3. The van der Waals surface area contributed by atoms with Gasteiger partial charge in [0.1, 0.15) is 11.6 Å². The largest absolute Gasteiger partial charge is 0.501 e. The number of nitrogens with zero attached hydrogens (tertiary/aromatic N) is 5. The lowest BCUT2D eigenvalue weighted by Crippen LogP contribution is -2.52. The van der Waals surface area contributed by atoms with Crippen molar-refractivity contribution in [2.75, 3.05) is 6.54 Å². The van der Waals surface area contributed by atoms with Crippen molar-refractivity contribution in [3.05, 3.63) is 69.4 Å². The van der Waals surface area contributed by atoms with Gasteiger partial charge in [0.25, 0.3) is 5.56 Å². The van der Waals surface area contributed by atoms with Gasteiger partial charge in [-0.1, -0.05) is 12.1 Å². The van der Waals surface area contributed by atoms with Crippen molar-refractivity contribution in [1.29, 1.82) is 0 Å². The number of hydrogen-bond donors (Lipinski definition) is 2. The Bertz CT molecular complexity index is 1160. The number of aryl methyl sites for hydroxylation is 1. The summed E-state index contributed by atoms with van der Waals surface area (Å²) >= 11 is 0. The number of nitrogens with one attached hydrogen (secondary N) is 1. The Kier molecular flexibility index (Phi) is 5.40. The van der Waals surface area contributed by atoms with Crippen LogP contribution in [0.25, 0.3) is 0 Å². The highest BCUT2D eigenvalue weighted by Gasteiger charge is 2.39. The number of rotatable bonds is 6. The van der Waals surface area contributed by atoms with Crippen molar-refractivity contribution in [2.45, 2.75) is 45.3 Å². The molecule has 9 nitrogen and oxygen atoms in total. The Morgan fingerprint density at radius 1 is 1.26 bits per heavy atom. The molecule has 4 rings (SSSR count). The minimum atomic E-state index is -0.684. The van der Waals surface area contributed by atoms with Crippen LogP contribution in [0.15, 0.2) is 35.3 Å². The monoisotopic (exact) mass is 426 g/mol. The molecular weight excluding hydrogens is 403 g/mol. The first-order valence-corrected chi connectivity index (χ1v) is 9.99. The van der Waals surface area contributed by atoms with Crippen LogP contribution in [0.3, 0.4) is 0 Å². The standard InChI is InChI=1S/C21H23FN6O3/c1-21(2)20-24-17(16(29)8-5-13-3-6-14(22)7-4-13)18(30)19(31)28(20)10-9-27(21)12-15-11-23-26-25-15/h3-4,6-7,11,30H,5,8-10,12H2,1-2H3,(H,23,25,26). The van der Waals surface area contributed by atoms with Crippen molar-refractivity contribution in [3.8, 4) is 5.75 Å². The zero-order valence-electron chi connectivity index (χ0n) is 17.3. The van der Waals surface area contributed by atoms with Crippen molar-refractivity contribution in [1.82, 2.24) is 29.9 Å². The van der Waals surface area contributed by atoms with Gasteiger partial charge in [0.2, 0.25) is 5.75 Å². The van der Waals surface area contributed by atoms with E-state index in [4.69, 9.17) is 0 Å². The average molecular weight is 426 g/mol. The van der Waals surface area contributed by atoms with Gasteiger partial charge in [0.05, 0.1) is 17.4 Å². The van der Waals surface area contributed by atoms with Gasteiger partial charge in [-0.25, -0.2) is 9.37 Å². The Hall–Kier alpha value is -3.40. The van der Waals surface area contributed by atoms with E-state index >= 15 is 0 Å². The molecule has 0 unspecified atom stereocenters.